The normalized spacial score (nSPS) is 25.4. The molecule has 2 aliphatic rings. The molecule has 1 saturated carbocycles. The zero-order valence-electron chi connectivity index (χ0n) is 19.5. The van der Waals surface area contributed by atoms with E-state index in [1.807, 2.05) is 45.2 Å². The summed E-state index contributed by atoms with van der Waals surface area (Å²) in [5.41, 5.74) is 0.768. The lowest BCUT2D eigenvalue weighted by atomic mass is 9.63. The third-order valence-corrected chi connectivity index (χ3v) is 6.52. The van der Waals surface area contributed by atoms with Gasteiger partial charge in [0.05, 0.1) is 18.8 Å². The Bertz CT molecular complexity index is 893. The highest BCUT2D eigenvalue weighted by Crippen LogP contribution is 2.51. The smallest absolute Gasteiger partial charge is 0.319 e. The molecule has 4 rings (SSSR count). The third-order valence-electron chi connectivity index (χ3n) is 6.52. The molecular weight excluding hydrogens is 408 g/mol. The largest absolute Gasteiger partial charge is 0.478 e. The first-order valence-electron chi connectivity index (χ1n) is 11.5. The summed E-state index contributed by atoms with van der Waals surface area (Å²) in [4.78, 5) is 22.0. The summed E-state index contributed by atoms with van der Waals surface area (Å²) in [7, 11) is 3.87. The lowest BCUT2D eigenvalue weighted by Crippen LogP contribution is -2.58. The highest BCUT2D eigenvalue weighted by atomic mass is 16.5. The summed E-state index contributed by atoms with van der Waals surface area (Å²) >= 11 is 0. The first kappa shape index (κ1) is 22.7. The molecule has 2 aromatic rings. The zero-order valence-corrected chi connectivity index (χ0v) is 19.5. The van der Waals surface area contributed by atoms with Crippen LogP contribution in [0.15, 0.2) is 18.6 Å². The maximum absolute atomic E-state index is 12.1. The van der Waals surface area contributed by atoms with Crippen LogP contribution in [0.1, 0.15) is 44.2 Å². The molecule has 3 heterocycles. The Balaban J connectivity index is 1.57. The van der Waals surface area contributed by atoms with Crippen molar-refractivity contribution >= 4 is 5.95 Å². The summed E-state index contributed by atoms with van der Waals surface area (Å²) < 4.78 is 11.3. The highest BCUT2D eigenvalue weighted by Gasteiger charge is 2.53. The number of aromatic nitrogens is 4. The van der Waals surface area contributed by atoms with Gasteiger partial charge in [0.25, 0.3) is 0 Å². The number of piperidine rings is 1. The van der Waals surface area contributed by atoms with E-state index < -0.39 is 5.60 Å². The van der Waals surface area contributed by atoms with Crippen molar-refractivity contribution < 1.29 is 14.6 Å². The minimum absolute atomic E-state index is 0.0812. The van der Waals surface area contributed by atoms with E-state index in [0.29, 0.717) is 30.6 Å². The predicted octanol–water partition coefficient (Wildman–Crippen LogP) is 2.25. The second-order valence-corrected chi connectivity index (χ2v) is 8.87. The number of fused-ring (bicyclic) bond motifs is 2. The maximum Gasteiger partial charge on any atom is 0.319 e. The van der Waals surface area contributed by atoms with Crippen molar-refractivity contribution in [1.29, 1.82) is 0 Å². The molecule has 1 aliphatic heterocycles. The fourth-order valence-corrected chi connectivity index (χ4v) is 5.10. The number of likely N-dealkylation sites (tertiary alicyclic amines) is 1. The zero-order chi connectivity index (χ0) is 22.7. The number of rotatable bonds is 8. The summed E-state index contributed by atoms with van der Waals surface area (Å²) in [6.45, 7) is 7.12. The van der Waals surface area contributed by atoms with Gasteiger partial charge in [0.1, 0.15) is 5.60 Å². The molecule has 0 amide bonds. The van der Waals surface area contributed by atoms with Gasteiger partial charge in [-0.3, -0.25) is 4.90 Å². The third kappa shape index (κ3) is 4.36. The number of aliphatic hydroxyl groups is 1. The Kier molecular flexibility index (Phi) is 6.76. The number of anilines is 1. The molecule has 1 aliphatic carbocycles. The molecule has 1 saturated heterocycles. The summed E-state index contributed by atoms with van der Waals surface area (Å²) in [5, 5.41) is 12.1. The minimum Gasteiger partial charge on any atom is -0.478 e. The van der Waals surface area contributed by atoms with E-state index in [1.165, 1.54) is 0 Å². The second kappa shape index (κ2) is 9.54. The molecule has 2 bridgehead atoms. The summed E-state index contributed by atoms with van der Waals surface area (Å²) in [5.74, 6) is 1.31. The van der Waals surface area contributed by atoms with Crippen molar-refractivity contribution in [2.75, 3.05) is 45.3 Å². The first-order chi connectivity index (χ1) is 15.5. The van der Waals surface area contributed by atoms with Crippen LogP contribution in [-0.2, 0) is 12.1 Å². The van der Waals surface area contributed by atoms with Crippen LogP contribution >= 0.6 is 0 Å². The van der Waals surface area contributed by atoms with Gasteiger partial charge in [0, 0.05) is 69.7 Å². The van der Waals surface area contributed by atoms with Gasteiger partial charge in [-0.1, -0.05) is 6.42 Å². The van der Waals surface area contributed by atoms with Crippen LogP contribution in [0, 0.1) is 11.8 Å². The van der Waals surface area contributed by atoms with Crippen LogP contribution in [0.2, 0.25) is 0 Å². The molecule has 2 fully saturated rings. The number of hydrogen-bond donors (Lipinski definition) is 1. The van der Waals surface area contributed by atoms with Crippen molar-refractivity contribution in [3.63, 3.8) is 0 Å². The number of hydrogen-bond acceptors (Lipinski definition) is 9. The summed E-state index contributed by atoms with van der Waals surface area (Å²) in [6, 6.07) is 0.284. The molecule has 2 aromatic heterocycles. The monoisotopic (exact) mass is 442 g/mol. The SMILES string of the molecule is CCOc1ncc(C2(O)[C@@H]3CCC[C@@H]2CN(Cc2cnc(N(C)C)nc2)C3)c(OCC)n1. The fraction of sp³-hybridized carbons (Fsp3) is 0.652. The van der Waals surface area contributed by atoms with Gasteiger partial charge >= 0.3 is 6.01 Å². The molecule has 0 aromatic carbocycles. The maximum atomic E-state index is 12.1. The van der Waals surface area contributed by atoms with Crippen molar-refractivity contribution in [1.82, 2.24) is 24.8 Å². The van der Waals surface area contributed by atoms with Gasteiger partial charge in [-0.25, -0.2) is 15.0 Å². The van der Waals surface area contributed by atoms with Gasteiger partial charge in [-0.15, -0.1) is 0 Å². The van der Waals surface area contributed by atoms with Crippen LogP contribution in [0.4, 0.5) is 5.95 Å². The van der Waals surface area contributed by atoms with E-state index in [9.17, 15) is 5.11 Å². The molecule has 0 unspecified atom stereocenters. The van der Waals surface area contributed by atoms with E-state index in [2.05, 4.69) is 24.8 Å². The van der Waals surface area contributed by atoms with Gasteiger partial charge in [-0.2, -0.15) is 4.98 Å². The quantitative estimate of drug-likeness (QED) is 0.660. The Morgan fingerprint density at radius 2 is 1.69 bits per heavy atom. The van der Waals surface area contributed by atoms with Gasteiger partial charge in [0.15, 0.2) is 0 Å². The van der Waals surface area contributed by atoms with Crippen molar-refractivity contribution in [3.05, 3.63) is 29.7 Å². The standard InChI is InChI=1S/C23H34N6O3/c1-5-31-20-19(12-26-22(27-20)32-6-2)23(30)17-8-7-9-18(23)15-29(14-17)13-16-10-24-21(25-11-16)28(3)4/h10-12,17-18,30H,5-9,13-15H2,1-4H3/t17-,18-/m1/s1. The molecule has 9 nitrogen and oxygen atoms in total. The molecule has 0 radical (unpaired) electrons. The average Bonchev–Trinajstić information content (AvgIpc) is 2.75. The number of nitrogens with zero attached hydrogens (tertiary/aromatic N) is 6. The fourth-order valence-electron chi connectivity index (χ4n) is 5.10. The molecule has 32 heavy (non-hydrogen) atoms. The van der Waals surface area contributed by atoms with Gasteiger partial charge < -0.3 is 19.5 Å². The first-order valence-corrected chi connectivity index (χ1v) is 11.5. The van der Waals surface area contributed by atoms with Gasteiger partial charge in [0.2, 0.25) is 11.8 Å². The second-order valence-electron chi connectivity index (χ2n) is 8.87. The van der Waals surface area contributed by atoms with Crippen LogP contribution in [0.25, 0.3) is 0 Å². The molecule has 174 valence electrons. The minimum atomic E-state index is -1.00. The van der Waals surface area contributed by atoms with Gasteiger partial charge in [-0.05, 0) is 26.7 Å². The lowest BCUT2D eigenvalue weighted by Gasteiger charge is -2.53. The molecule has 9 heteroatoms. The van der Waals surface area contributed by atoms with E-state index >= 15 is 0 Å². The Hall–Kier alpha value is -2.52. The molecule has 2 atom stereocenters. The van der Waals surface area contributed by atoms with Crippen molar-refractivity contribution in [2.45, 2.75) is 45.3 Å². The van der Waals surface area contributed by atoms with Crippen LogP contribution in [0.5, 0.6) is 11.9 Å². The molecule has 1 N–H and O–H groups in total. The van der Waals surface area contributed by atoms with Crippen LogP contribution in [-0.4, -0.2) is 70.3 Å². The van der Waals surface area contributed by atoms with Crippen molar-refractivity contribution in [2.24, 2.45) is 11.8 Å². The highest BCUT2D eigenvalue weighted by molar-refractivity contribution is 5.34. The lowest BCUT2D eigenvalue weighted by molar-refractivity contribution is -0.150. The van der Waals surface area contributed by atoms with E-state index in [0.717, 1.165) is 44.5 Å². The Labute approximate surface area is 189 Å². The van der Waals surface area contributed by atoms with E-state index in [4.69, 9.17) is 9.47 Å². The topological polar surface area (TPSA) is 96.7 Å². The van der Waals surface area contributed by atoms with Crippen LogP contribution < -0.4 is 14.4 Å². The Morgan fingerprint density at radius 3 is 2.28 bits per heavy atom. The number of ether oxygens (including phenoxy) is 2. The van der Waals surface area contributed by atoms with E-state index in [1.54, 1.807) is 6.20 Å². The summed E-state index contributed by atoms with van der Waals surface area (Å²) in [6.07, 6.45) is 8.53. The Morgan fingerprint density at radius 1 is 1.03 bits per heavy atom. The average molecular weight is 443 g/mol. The molecule has 0 spiro atoms. The van der Waals surface area contributed by atoms with E-state index in [-0.39, 0.29) is 17.8 Å². The molecular formula is C23H34N6O3. The van der Waals surface area contributed by atoms with Crippen molar-refractivity contribution in [3.8, 4) is 11.9 Å². The predicted molar refractivity (Wildman–Crippen MR) is 121 cm³/mol. The van der Waals surface area contributed by atoms with Crippen LogP contribution in [0.3, 0.4) is 0 Å².